The standard InChI is InChI=1S/C17H17ClO2/c18-12-15-3-1-2-4-16(15)19-9-7-13-5-6-17-14(11-13)8-10-20-17/h1-6,11H,7-10,12H2. The minimum absolute atomic E-state index is 0.479. The molecule has 0 amide bonds. The molecule has 1 aliphatic rings. The Morgan fingerprint density at radius 3 is 2.95 bits per heavy atom. The molecule has 2 aromatic carbocycles. The monoisotopic (exact) mass is 288 g/mol. The van der Waals surface area contributed by atoms with Crippen molar-refractivity contribution in [3.8, 4) is 11.5 Å². The van der Waals surface area contributed by atoms with Gasteiger partial charge in [-0.05, 0) is 23.3 Å². The van der Waals surface area contributed by atoms with Gasteiger partial charge in [0.2, 0.25) is 0 Å². The van der Waals surface area contributed by atoms with Crippen molar-refractivity contribution >= 4 is 11.6 Å². The average molecular weight is 289 g/mol. The Balaban J connectivity index is 1.60. The quantitative estimate of drug-likeness (QED) is 0.775. The van der Waals surface area contributed by atoms with E-state index in [1.165, 1.54) is 11.1 Å². The minimum atomic E-state index is 0.479. The van der Waals surface area contributed by atoms with Crippen LogP contribution in [0.4, 0.5) is 0 Å². The van der Waals surface area contributed by atoms with Crippen LogP contribution in [0, 0.1) is 0 Å². The van der Waals surface area contributed by atoms with E-state index in [0.29, 0.717) is 12.5 Å². The maximum atomic E-state index is 5.90. The second-order valence-electron chi connectivity index (χ2n) is 4.88. The topological polar surface area (TPSA) is 18.5 Å². The summed E-state index contributed by atoms with van der Waals surface area (Å²) >= 11 is 5.90. The van der Waals surface area contributed by atoms with Gasteiger partial charge in [-0.1, -0.05) is 30.3 Å². The van der Waals surface area contributed by atoms with Crippen LogP contribution in [0.3, 0.4) is 0 Å². The number of hydrogen-bond acceptors (Lipinski definition) is 2. The maximum Gasteiger partial charge on any atom is 0.123 e. The molecule has 3 rings (SSSR count). The van der Waals surface area contributed by atoms with Gasteiger partial charge in [0.05, 0.1) is 19.1 Å². The van der Waals surface area contributed by atoms with Crippen LogP contribution in [0.2, 0.25) is 0 Å². The van der Waals surface area contributed by atoms with Crippen molar-refractivity contribution < 1.29 is 9.47 Å². The van der Waals surface area contributed by atoms with E-state index in [4.69, 9.17) is 21.1 Å². The molecule has 0 bridgehead atoms. The Morgan fingerprint density at radius 1 is 1.15 bits per heavy atom. The van der Waals surface area contributed by atoms with Crippen LogP contribution in [-0.4, -0.2) is 13.2 Å². The van der Waals surface area contributed by atoms with Gasteiger partial charge >= 0.3 is 0 Å². The summed E-state index contributed by atoms with van der Waals surface area (Å²) < 4.78 is 11.3. The second-order valence-corrected chi connectivity index (χ2v) is 5.15. The van der Waals surface area contributed by atoms with Crippen molar-refractivity contribution in [1.29, 1.82) is 0 Å². The molecule has 0 unspecified atom stereocenters. The summed E-state index contributed by atoms with van der Waals surface area (Å²) in [5.41, 5.74) is 3.64. The third-order valence-corrected chi connectivity index (χ3v) is 3.81. The lowest BCUT2D eigenvalue weighted by atomic mass is 10.1. The summed E-state index contributed by atoms with van der Waals surface area (Å²) in [7, 11) is 0. The first-order chi connectivity index (χ1) is 9.86. The van der Waals surface area contributed by atoms with Crippen LogP contribution in [0.15, 0.2) is 42.5 Å². The summed E-state index contributed by atoms with van der Waals surface area (Å²) in [6.07, 6.45) is 1.91. The molecular formula is C17H17ClO2. The zero-order valence-electron chi connectivity index (χ0n) is 11.3. The number of fused-ring (bicyclic) bond motifs is 1. The van der Waals surface area contributed by atoms with Crippen molar-refractivity contribution in [3.63, 3.8) is 0 Å². The van der Waals surface area contributed by atoms with Crippen molar-refractivity contribution in [2.24, 2.45) is 0 Å². The summed E-state index contributed by atoms with van der Waals surface area (Å²) in [5.74, 6) is 2.39. The normalized spacial score (nSPS) is 12.8. The molecule has 0 saturated heterocycles. The van der Waals surface area contributed by atoms with E-state index in [9.17, 15) is 0 Å². The van der Waals surface area contributed by atoms with Crippen LogP contribution in [-0.2, 0) is 18.7 Å². The Kier molecular flexibility index (Phi) is 4.12. The van der Waals surface area contributed by atoms with Gasteiger partial charge in [0.1, 0.15) is 11.5 Å². The number of benzene rings is 2. The number of hydrogen-bond donors (Lipinski definition) is 0. The van der Waals surface area contributed by atoms with E-state index in [1.807, 2.05) is 24.3 Å². The van der Waals surface area contributed by atoms with Gasteiger partial charge < -0.3 is 9.47 Å². The van der Waals surface area contributed by atoms with E-state index in [-0.39, 0.29) is 0 Å². The molecule has 0 aliphatic carbocycles. The fourth-order valence-corrected chi connectivity index (χ4v) is 2.65. The van der Waals surface area contributed by atoms with Crippen molar-refractivity contribution in [3.05, 3.63) is 59.2 Å². The average Bonchev–Trinajstić information content (AvgIpc) is 2.95. The van der Waals surface area contributed by atoms with Gasteiger partial charge in [0.25, 0.3) is 0 Å². The smallest absolute Gasteiger partial charge is 0.123 e. The predicted octanol–water partition coefficient (Wildman–Crippen LogP) is 3.98. The van der Waals surface area contributed by atoms with E-state index in [2.05, 4.69) is 18.2 Å². The molecule has 1 heterocycles. The van der Waals surface area contributed by atoms with Gasteiger partial charge in [0, 0.05) is 18.4 Å². The lowest BCUT2D eigenvalue weighted by molar-refractivity contribution is 0.319. The third-order valence-electron chi connectivity index (χ3n) is 3.52. The van der Waals surface area contributed by atoms with Crippen molar-refractivity contribution in [1.82, 2.24) is 0 Å². The highest BCUT2D eigenvalue weighted by Crippen LogP contribution is 2.26. The molecule has 0 fully saturated rings. The molecule has 104 valence electrons. The van der Waals surface area contributed by atoms with Gasteiger partial charge in [-0.3, -0.25) is 0 Å². The number of alkyl halides is 1. The fourth-order valence-electron chi connectivity index (χ4n) is 2.43. The Labute approximate surface area is 124 Å². The molecule has 0 saturated carbocycles. The number of halogens is 1. The molecule has 2 aromatic rings. The lowest BCUT2D eigenvalue weighted by Gasteiger charge is -2.10. The van der Waals surface area contributed by atoms with Gasteiger partial charge in [-0.25, -0.2) is 0 Å². The lowest BCUT2D eigenvalue weighted by Crippen LogP contribution is -2.03. The summed E-state index contributed by atoms with van der Waals surface area (Å²) in [6.45, 7) is 1.46. The van der Waals surface area contributed by atoms with Crippen molar-refractivity contribution in [2.75, 3.05) is 13.2 Å². The summed E-state index contributed by atoms with van der Waals surface area (Å²) in [4.78, 5) is 0. The molecule has 0 atom stereocenters. The van der Waals surface area contributed by atoms with Gasteiger partial charge in [-0.2, -0.15) is 0 Å². The molecule has 2 nitrogen and oxygen atoms in total. The van der Waals surface area contributed by atoms with Crippen LogP contribution < -0.4 is 9.47 Å². The SMILES string of the molecule is ClCc1ccccc1OCCc1ccc2c(c1)CCO2. The fraction of sp³-hybridized carbons (Fsp3) is 0.294. The Morgan fingerprint density at radius 2 is 2.05 bits per heavy atom. The van der Waals surface area contributed by atoms with E-state index in [1.54, 1.807) is 0 Å². The van der Waals surface area contributed by atoms with E-state index in [0.717, 1.165) is 36.5 Å². The van der Waals surface area contributed by atoms with Crippen LogP contribution in [0.25, 0.3) is 0 Å². The van der Waals surface area contributed by atoms with Crippen molar-refractivity contribution in [2.45, 2.75) is 18.7 Å². The highest BCUT2D eigenvalue weighted by atomic mass is 35.5. The molecule has 0 aromatic heterocycles. The molecule has 20 heavy (non-hydrogen) atoms. The maximum absolute atomic E-state index is 5.90. The zero-order chi connectivity index (χ0) is 13.8. The summed E-state index contributed by atoms with van der Waals surface area (Å²) in [6, 6.07) is 14.3. The highest BCUT2D eigenvalue weighted by Gasteiger charge is 2.11. The number of rotatable bonds is 5. The third kappa shape index (κ3) is 2.91. The molecule has 3 heteroatoms. The zero-order valence-corrected chi connectivity index (χ0v) is 12.0. The first-order valence-corrected chi connectivity index (χ1v) is 7.41. The molecule has 0 spiro atoms. The van der Waals surface area contributed by atoms with Gasteiger partial charge in [-0.15, -0.1) is 11.6 Å². The Bertz CT molecular complexity index is 595. The first kappa shape index (κ1) is 13.3. The Hall–Kier alpha value is -1.67. The number of para-hydroxylation sites is 1. The molecule has 0 radical (unpaired) electrons. The second kappa shape index (κ2) is 6.19. The molecule has 1 aliphatic heterocycles. The van der Waals surface area contributed by atoms with Crippen LogP contribution >= 0.6 is 11.6 Å². The highest BCUT2D eigenvalue weighted by molar-refractivity contribution is 6.17. The molecule has 0 N–H and O–H groups in total. The van der Waals surface area contributed by atoms with E-state index < -0.39 is 0 Å². The van der Waals surface area contributed by atoms with Crippen LogP contribution in [0.1, 0.15) is 16.7 Å². The van der Waals surface area contributed by atoms with Crippen LogP contribution in [0.5, 0.6) is 11.5 Å². The molecular weight excluding hydrogens is 272 g/mol. The first-order valence-electron chi connectivity index (χ1n) is 6.88. The van der Waals surface area contributed by atoms with Gasteiger partial charge in [0.15, 0.2) is 0 Å². The predicted molar refractivity (Wildman–Crippen MR) is 80.8 cm³/mol. The largest absolute Gasteiger partial charge is 0.493 e. The summed E-state index contributed by atoms with van der Waals surface area (Å²) in [5, 5.41) is 0. The number of ether oxygens (including phenoxy) is 2. The van der Waals surface area contributed by atoms with E-state index >= 15 is 0 Å². The minimum Gasteiger partial charge on any atom is -0.493 e.